The summed E-state index contributed by atoms with van der Waals surface area (Å²) in [5, 5.41) is 10.4. The van der Waals surface area contributed by atoms with E-state index in [-0.39, 0.29) is 45.0 Å². The first-order valence-corrected chi connectivity index (χ1v) is 16.7. The third-order valence-corrected chi connectivity index (χ3v) is 14.0. The first kappa shape index (κ1) is 31.3. The number of carbonyl (C=O) groups excluding carboxylic acids is 3. The van der Waals surface area contributed by atoms with Crippen molar-refractivity contribution in [2.24, 2.45) is 33.5 Å². The topological polar surface area (TPSA) is 81.2 Å². The average Bonchev–Trinajstić information content (AvgIpc) is 2.95. The van der Waals surface area contributed by atoms with Gasteiger partial charge in [0.2, 0.25) is 5.78 Å². The summed E-state index contributed by atoms with van der Waals surface area (Å²) in [5.41, 5.74) is 3.58. The lowest BCUT2D eigenvalue weighted by atomic mass is 9.35. The van der Waals surface area contributed by atoms with Gasteiger partial charge in [-0.1, -0.05) is 45.4 Å². The molecule has 0 spiro atoms. The average molecular weight is 604 g/mol. The number of rotatable bonds is 3. The van der Waals surface area contributed by atoms with E-state index in [0.29, 0.717) is 30.5 Å². The molecule has 7 nitrogen and oxygen atoms in total. The van der Waals surface area contributed by atoms with E-state index in [1.165, 1.54) is 5.57 Å². The number of aliphatic hydroxyl groups is 1. The smallest absolute Gasteiger partial charge is 0.312 e. The van der Waals surface area contributed by atoms with Crippen LogP contribution in [0.1, 0.15) is 86.5 Å². The molecule has 1 N–H and O–H groups in total. The van der Waals surface area contributed by atoms with Gasteiger partial charge in [-0.25, -0.2) is 0 Å². The van der Waals surface area contributed by atoms with Crippen LogP contribution in [0, 0.1) is 33.5 Å². The first-order valence-electron chi connectivity index (χ1n) is 16.7. The van der Waals surface area contributed by atoms with Crippen LogP contribution in [0.2, 0.25) is 0 Å². The van der Waals surface area contributed by atoms with Gasteiger partial charge in [-0.05, 0) is 112 Å². The lowest BCUT2D eigenvalue weighted by molar-refractivity contribution is -0.174. The molecule has 5 aliphatic carbocycles. The Balaban J connectivity index is 1.29. The SMILES string of the molecule is CC1=C(O)C(=O)C=C2C1=CC=C1C2(C)CC[C@@]2(C)C3CC(C)(N(C)C(=O)C(=O)N4CC(CN(C)C)C4)CCC3(C)CCC12C. The standard InChI is InChI=1S/C37H53N3O4/c1-23-25-10-11-28-35(4,26(25)18-27(41)30(23)42)15-17-37(6)29-19-34(3,14-12-33(29,2)13-16-36(28,37)5)39(9)31(43)32(44)40-21-24(22-40)20-38(7)8/h10-11,18,24,29,42H,12-17,19-22H2,1-9H3/t29?,33?,34?,35?,36?,37-/m0/s1. The minimum absolute atomic E-state index is 0.00457. The van der Waals surface area contributed by atoms with E-state index in [0.717, 1.165) is 62.6 Å². The summed E-state index contributed by atoms with van der Waals surface area (Å²) < 4.78 is 0. The van der Waals surface area contributed by atoms with Gasteiger partial charge in [0.1, 0.15) is 0 Å². The molecule has 6 rings (SSSR count). The van der Waals surface area contributed by atoms with Gasteiger partial charge in [0.05, 0.1) is 0 Å². The number of carbonyl (C=O) groups is 3. The minimum Gasteiger partial charge on any atom is -0.504 e. The van der Waals surface area contributed by atoms with Crippen LogP contribution in [0.3, 0.4) is 0 Å². The van der Waals surface area contributed by atoms with Crippen LogP contribution in [0.4, 0.5) is 0 Å². The summed E-state index contributed by atoms with van der Waals surface area (Å²) in [7, 11) is 5.94. The second kappa shape index (κ2) is 9.91. The summed E-state index contributed by atoms with van der Waals surface area (Å²) in [6.45, 7) is 16.0. The largest absolute Gasteiger partial charge is 0.504 e. The number of hydrogen-bond donors (Lipinski definition) is 1. The van der Waals surface area contributed by atoms with Crippen molar-refractivity contribution in [3.63, 3.8) is 0 Å². The number of hydrogen-bond acceptors (Lipinski definition) is 5. The maximum atomic E-state index is 13.7. The number of aliphatic hydroxyl groups excluding tert-OH is 1. The van der Waals surface area contributed by atoms with Crippen LogP contribution in [-0.2, 0) is 14.4 Å². The Morgan fingerprint density at radius 2 is 1.61 bits per heavy atom. The molecule has 6 aliphatic rings. The molecule has 0 bridgehead atoms. The molecule has 1 heterocycles. The molecule has 6 atom stereocenters. The minimum atomic E-state index is -0.390. The maximum Gasteiger partial charge on any atom is 0.312 e. The maximum absolute atomic E-state index is 13.7. The Kier molecular flexibility index (Phi) is 7.06. The van der Waals surface area contributed by atoms with Gasteiger partial charge in [0.15, 0.2) is 5.76 Å². The molecular weight excluding hydrogens is 550 g/mol. The number of likely N-dealkylation sites (tertiary alicyclic amines) is 1. The van der Waals surface area contributed by atoms with Crippen molar-refractivity contribution in [2.45, 2.75) is 92.0 Å². The third kappa shape index (κ3) is 4.20. The fourth-order valence-corrected chi connectivity index (χ4v) is 10.6. The molecule has 0 aromatic rings. The van der Waals surface area contributed by atoms with Gasteiger partial charge in [0.25, 0.3) is 0 Å². The second-order valence-electron chi connectivity index (χ2n) is 16.7. The van der Waals surface area contributed by atoms with Crippen molar-refractivity contribution < 1.29 is 19.5 Å². The Hall–Kier alpha value is -2.67. The van der Waals surface area contributed by atoms with Crippen LogP contribution < -0.4 is 0 Å². The number of allylic oxidation sites excluding steroid dienone is 7. The molecule has 3 saturated carbocycles. The van der Waals surface area contributed by atoms with Crippen LogP contribution in [0.25, 0.3) is 0 Å². The van der Waals surface area contributed by atoms with Crippen molar-refractivity contribution in [1.82, 2.24) is 14.7 Å². The van der Waals surface area contributed by atoms with Crippen LogP contribution in [0.5, 0.6) is 0 Å². The number of amides is 2. The molecule has 0 aromatic heterocycles. The van der Waals surface area contributed by atoms with Gasteiger partial charge in [0, 0.05) is 49.1 Å². The van der Waals surface area contributed by atoms with Crippen molar-refractivity contribution in [3.8, 4) is 0 Å². The van der Waals surface area contributed by atoms with E-state index < -0.39 is 5.54 Å². The van der Waals surface area contributed by atoms with E-state index in [1.54, 1.807) is 15.9 Å². The Bertz CT molecular complexity index is 1450. The number of likely N-dealkylation sites (N-methyl/N-ethyl adjacent to an activating group) is 1. The number of fused-ring (bicyclic) bond motifs is 7. The Labute approximate surface area is 264 Å². The first-order chi connectivity index (χ1) is 20.4. The summed E-state index contributed by atoms with van der Waals surface area (Å²) in [6.07, 6.45) is 13.2. The normalized spacial score (nSPS) is 40.1. The zero-order valence-electron chi connectivity index (χ0n) is 28.5. The van der Waals surface area contributed by atoms with E-state index in [9.17, 15) is 19.5 Å². The van der Waals surface area contributed by atoms with Crippen LogP contribution >= 0.6 is 0 Å². The highest BCUT2D eigenvalue weighted by Crippen LogP contribution is 2.75. The molecule has 5 unspecified atom stereocenters. The summed E-state index contributed by atoms with van der Waals surface area (Å²) >= 11 is 0. The summed E-state index contributed by atoms with van der Waals surface area (Å²) in [5.74, 6) is -0.332. The van der Waals surface area contributed by atoms with E-state index >= 15 is 0 Å². The van der Waals surface area contributed by atoms with Crippen LogP contribution in [-0.4, -0.2) is 83.7 Å². The van der Waals surface area contributed by atoms with E-state index in [2.05, 4.69) is 51.7 Å². The predicted molar refractivity (Wildman–Crippen MR) is 173 cm³/mol. The zero-order valence-corrected chi connectivity index (χ0v) is 28.5. The molecule has 1 saturated heterocycles. The lowest BCUT2D eigenvalue weighted by Gasteiger charge is -2.70. The van der Waals surface area contributed by atoms with Crippen LogP contribution in [0.15, 0.2) is 46.3 Å². The van der Waals surface area contributed by atoms with Crippen molar-refractivity contribution in [3.05, 3.63) is 46.3 Å². The molecular formula is C37H53N3O4. The predicted octanol–water partition coefficient (Wildman–Crippen LogP) is 5.84. The molecule has 7 heteroatoms. The van der Waals surface area contributed by atoms with Crippen molar-refractivity contribution >= 4 is 17.6 Å². The quantitative estimate of drug-likeness (QED) is 0.410. The fourth-order valence-electron chi connectivity index (χ4n) is 10.6. The van der Waals surface area contributed by atoms with E-state index in [1.807, 2.05) is 28.1 Å². The molecule has 44 heavy (non-hydrogen) atoms. The molecule has 0 aromatic carbocycles. The van der Waals surface area contributed by atoms with Gasteiger partial charge < -0.3 is 19.8 Å². The van der Waals surface area contributed by atoms with Gasteiger partial charge in [-0.2, -0.15) is 0 Å². The fraction of sp³-hybridized carbons (Fsp3) is 0.703. The highest BCUT2D eigenvalue weighted by molar-refractivity contribution is 6.35. The Morgan fingerprint density at radius 1 is 0.955 bits per heavy atom. The summed E-state index contributed by atoms with van der Waals surface area (Å²) in [6, 6.07) is 0. The van der Waals surface area contributed by atoms with Gasteiger partial charge in [-0.15, -0.1) is 0 Å². The molecule has 0 radical (unpaired) electrons. The lowest BCUT2D eigenvalue weighted by Crippen LogP contribution is -2.65. The second-order valence-corrected chi connectivity index (χ2v) is 16.7. The summed E-state index contributed by atoms with van der Waals surface area (Å²) in [4.78, 5) is 45.4. The molecule has 240 valence electrons. The molecule has 4 fully saturated rings. The van der Waals surface area contributed by atoms with Gasteiger partial charge >= 0.3 is 11.8 Å². The third-order valence-electron chi connectivity index (χ3n) is 14.0. The number of nitrogens with zero attached hydrogens (tertiary/aromatic N) is 3. The van der Waals surface area contributed by atoms with Gasteiger partial charge in [-0.3, -0.25) is 14.4 Å². The number of ketones is 1. The molecule has 1 aliphatic heterocycles. The monoisotopic (exact) mass is 603 g/mol. The van der Waals surface area contributed by atoms with Crippen molar-refractivity contribution in [1.29, 1.82) is 0 Å². The zero-order chi connectivity index (χ0) is 32.2. The van der Waals surface area contributed by atoms with Crippen molar-refractivity contribution in [2.75, 3.05) is 40.8 Å². The Morgan fingerprint density at radius 3 is 2.27 bits per heavy atom. The van der Waals surface area contributed by atoms with E-state index in [4.69, 9.17) is 0 Å². The highest BCUT2D eigenvalue weighted by atomic mass is 16.3. The molecule has 2 amide bonds. The highest BCUT2D eigenvalue weighted by Gasteiger charge is 2.67.